The number of hydrogen-bond donors (Lipinski definition) is 2. The third kappa shape index (κ3) is 1.27. The molecule has 0 aromatic heterocycles. The molecule has 2 nitrogen and oxygen atoms in total. The van der Waals surface area contributed by atoms with E-state index in [-0.39, 0.29) is 11.5 Å². The molecule has 0 spiro atoms. The van der Waals surface area contributed by atoms with Gasteiger partial charge in [-0.1, -0.05) is 24.3 Å². The van der Waals surface area contributed by atoms with Crippen LogP contribution in [0, 0.1) is 0 Å². The van der Waals surface area contributed by atoms with Gasteiger partial charge in [0.1, 0.15) is 11.5 Å². The zero-order valence-electron chi connectivity index (χ0n) is 8.51. The minimum atomic E-state index is 0.269. The largest absolute Gasteiger partial charge is 0.508 e. The number of fused-ring (bicyclic) bond motifs is 3. The first-order chi connectivity index (χ1) is 7.74. The van der Waals surface area contributed by atoms with E-state index >= 15 is 0 Å². The first kappa shape index (κ1) is 9.04. The SMILES string of the molecule is Oc1ccc2c(ccc3cc(O)ccc32)c1. The van der Waals surface area contributed by atoms with Crippen molar-refractivity contribution < 1.29 is 10.2 Å². The molecule has 0 unspecified atom stereocenters. The van der Waals surface area contributed by atoms with Crippen LogP contribution in [-0.2, 0) is 0 Å². The van der Waals surface area contributed by atoms with E-state index < -0.39 is 0 Å². The van der Waals surface area contributed by atoms with Crippen molar-refractivity contribution in [1.29, 1.82) is 0 Å². The van der Waals surface area contributed by atoms with E-state index in [1.54, 1.807) is 24.3 Å². The molecule has 3 aromatic carbocycles. The first-order valence-corrected chi connectivity index (χ1v) is 5.08. The van der Waals surface area contributed by atoms with Gasteiger partial charge in [-0.15, -0.1) is 0 Å². The number of aromatic hydroxyl groups is 2. The van der Waals surface area contributed by atoms with Gasteiger partial charge in [0.2, 0.25) is 0 Å². The lowest BCUT2D eigenvalue weighted by Gasteiger charge is -2.04. The van der Waals surface area contributed by atoms with Gasteiger partial charge in [0.15, 0.2) is 0 Å². The number of phenols is 2. The summed E-state index contributed by atoms with van der Waals surface area (Å²) >= 11 is 0. The predicted octanol–water partition coefficient (Wildman–Crippen LogP) is 3.40. The van der Waals surface area contributed by atoms with Crippen LogP contribution >= 0.6 is 0 Å². The normalized spacial score (nSPS) is 11.0. The molecular weight excluding hydrogens is 200 g/mol. The van der Waals surface area contributed by atoms with E-state index in [2.05, 4.69) is 0 Å². The summed E-state index contributed by atoms with van der Waals surface area (Å²) < 4.78 is 0. The summed E-state index contributed by atoms with van der Waals surface area (Å²) in [6.07, 6.45) is 0. The Morgan fingerprint density at radius 2 is 1.00 bits per heavy atom. The van der Waals surface area contributed by atoms with Gasteiger partial charge in [0, 0.05) is 0 Å². The molecule has 2 N–H and O–H groups in total. The fourth-order valence-electron chi connectivity index (χ4n) is 2.05. The molecule has 2 heteroatoms. The highest BCUT2D eigenvalue weighted by Gasteiger charge is 2.01. The van der Waals surface area contributed by atoms with Crippen molar-refractivity contribution >= 4 is 21.5 Å². The number of phenolic OH excluding ortho intramolecular Hbond substituents is 2. The maximum atomic E-state index is 9.41. The maximum Gasteiger partial charge on any atom is 0.116 e. The maximum absolute atomic E-state index is 9.41. The molecular formula is C14H10O2. The molecule has 0 atom stereocenters. The molecule has 0 aliphatic heterocycles. The predicted molar refractivity (Wildman–Crippen MR) is 64.8 cm³/mol. The Morgan fingerprint density at radius 1 is 0.562 bits per heavy atom. The van der Waals surface area contributed by atoms with Crippen LogP contribution in [-0.4, -0.2) is 10.2 Å². The second kappa shape index (κ2) is 3.14. The van der Waals surface area contributed by atoms with Crippen LogP contribution in [0.4, 0.5) is 0 Å². The highest BCUT2D eigenvalue weighted by molar-refractivity contribution is 6.08. The lowest BCUT2D eigenvalue weighted by molar-refractivity contribution is 0.475. The molecule has 0 heterocycles. The summed E-state index contributed by atoms with van der Waals surface area (Å²) in [6, 6.07) is 14.5. The Morgan fingerprint density at radius 3 is 1.44 bits per heavy atom. The van der Waals surface area contributed by atoms with Crippen molar-refractivity contribution in [3.05, 3.63) is 48.5 Å². The molecule has 0 bridgehead atoms. The molecule has 0 radical (unpaired) electrons. The second-order valence-electron chi connectivity index (χ2n) is 3.88. The topological polar surface area (TPSA) is 40.5 Å². The lowest BCUT2D eigenvalue weighted by atomic mass is 10.0. The average molecular weight is 210 g/mol. The van der Waals surface area contributed by atoms with E-state index in [1.165, 1.54) is 0 Å². The number of hydrogen-bond acceptors (Lipinski definition) is 2. The van der Waals surface area contributed by atoms with E-state index in [4.69, 9.17) is 0 Å². The fraction of sp³-hybridized carbons (Fsp3) is 0. The molecule has 0 saturated carbocycles. The second-order valence-corrected chi connectivity index (χ2v) is 3.88. The molecule has 16 heavy (non-hydrogen) atoms. The quantitative estimate of drug-likeness (QED) is 0.558. The Labute approximate surface area is 92.4 Å². The van der Waals surface area contributed by atoms with Gasteiger partial charge < -0.3 is 10.2 Å². The van der Waals surface area contributed by atoms with Crippen molar-refractivity contribution in [2.45, 2.75) is 0 Å². The van der Waals surface area contributed by atoms with Crippen LogP contribution in [0.1, 0.15) is 0 Å². The summed E-state index contributed by atoms with van der Waals surface area (Å²) in [4.78, 5) is 0. The zero-order chi connectivity index (χ0) is 11.1. The Bertz CT molecular complexity index is 626. The average Bonchev–Trinajstić information content (AvgIpc) is 2.28. The summed E-state index contributed by atoms with van der Waals surface area (Å²) in [5.74, 6) is 0.538. The summed E-state index contributed by atoms with van der Waals surface area (Å²) in [5, 5.41) is 23.0. The van der Waals surface area contributed by atoms with Crippen LogP contribution in [0.2, 0.25) is 0 Å². The molecule has 3 aromatic rings. The van der Waals surface area contributed by atoms with Gasteiger partial charge >= 0.3 is 0 Å². The summed E-state index contributed by atoms with van der Waals surface area (Å²) in [6.45, 7) is 0. The number of benzene rings is 3. The third-order valence-electron chi connectivity index (χ3n) is 2.80. The van der Waals surface area contributed by atoms with Crippen molar-refractivity contribution in [3.63, 3.8) is 0 Å². The monoisotopic (exact) mass is 210 g/mol. The van der Waals surface area contributed by atoms with Gasteiger partial charge in [0.05, 0.1) is 0 Å². The van der Waals surface area contributed by atoms with Crippen molar-refractivity contribution in [1.82, 2.24) is 0 Å². The molecule has 3 rings (SSSR count). The lowest BCUT2D eigenvalue weighted by Crippen LogP contribution is -1.77. The van der Waals surface area contributed by atoms with Crippen LogP contribution in [0.3, 0.4) is 0 Å². The van der Waals surface area contributed by atoms with Crippen molar-refractivity contribution in [2.24, 2.45) is 0 Å². The van der Waals surface area contributed by atoms with Crippen LogP contribution in [0.15, 0.2) is 48.5 Å². The molecule has 0 amide bonds. The Hall–Kier alpha value is -2.22. The number of rotatable bonds is 0. The van der Waals surface area contributed by atoms with Crippen LogP contribution in [0.25, 0.3) is 21.5 Å². The van der Waals surface area contributed by atoms with Crippen LogP contribution in [0.5, 0.6) is 11.5 Å². The fourth-order valence-corrected chi connectivity index (χ4v) is 2.05. The van der Waals surface area contributed by atoms with Gasteiger partial charge in [-0.3, -0.25) is 0 Å². The molecule has 78 valence electrons. The standard InChI is InChI=1S/C14H10O2/c15-11-3-5-13-9(7-11)1-2-10-8-12(16)4-6-14(10)13/h1-8,15-16H. The van der Waals surface area contributed by atoms with E-state index in [0.29, 0.717) is 0 Å². The zero-order valence-corrected chi connectivity index (χ0v) is 8.51. The van der Waals surface area contributed by atoms with Gasteiger partial charge in [-0.2, -0.15) is 0 Å². The highest BCUT2D eigenvalue weighted by atomic mass is 16.3. The van der Waals surface area contributed by atoms with Crippen molar-refractivity contribution in [3.8, 4) is 11.5 Å². The van der Waals surface area contributed by atoms with Gasteiger partial charge in [-0.25, -0.2) is 0 Å². The van der Waals surface area contributed by atoms with E-state index in [9.17, 15) is 10.2 Å². The van der Waals surface area contributed by atoms with E-state index in [0.717, 1.165) is 21.5 Å². The third-order valence-corrected chi connectivity index (χ3v) is 2.80. The van der Waals surface area contributed by atoms with Gasteiger partial charge in [0.25, 0.3) is 0 Å². The summed E-state index contributed by atoms with van der Waals surface area (Å²) in [5.41, 5.74) is 0. The molecule has 0 aliphatic rings. The van der Waals surface area contributed by atoms with Crippen LogP contribution < -0.4 is 0 Å². The minimum Gasteiger partial charge on any atom is -0.508 e. The van der Waals surface area contributed by atoms with E-state index in [1.807, 2.05) is 24.3 Å². The molecule has 0 aliphatic carbocycles. The van der Waals surface area contributed by atoms with Crippen molar-refractivity contribution in [2.75, 3.05) is 0 Å². The smallest absolute Gasteiger partial charge is 0.116 e. The van der Waals surface area contributed by atoms with Gasteiger partial charge in [-0.05, 0) is 45.8 Å². The first-order valence-electron chi connectivity index (χ1n) is 5.08. The molecule has 0 saturated heterocycles. The molecule has 0 fully saturated rings. The summed E-state index contributed by atoms with van der Waals surface area (Å²) in [7, 11) is 0. The Balaban J connectivity index is 2.50. The Kier molecular flexibility index (Phi) is 1.77. The minimum absolute atomic E-state index is 0.269. The highest BCUT2D eigenvalue weighted by Crippen LogP contribution is 2.29.